The molecule has 0 amide bonds. The Labute approximate surface area is 230 Å². The van der Waals surface area contributed by atoms with E-state index in [0.29, 0.717) is 13.2 Å². The van der Waals surface area contributed by atoms with Crippen LogP contribution in [-0.2, 0) is 29.0 Å². The van der Waals surface area contributed by atoms with Gasteiger partial charge in [0.05, 0.1) is 0 Å². The number of fused-ring (bicyclic) bond motifs is 1. The van der Waals surface area contributed by atoms with Gasteiger partial charge in [-0.1, -0.05) is 0 Å². The molecule has 9 heteroatoms. The van der Waals surface area contributed by atoms with E-state index in [-0.39, 0.29) is 35.3 Å². The second-order valence-corrected chi connectivity index (χ2v) is 12.2. The Kier molecular flexibility index (Phi) is 10.5. The molecule has 5 nitrogen and oxygen atoms in total. The maximum absolute atomic E-state index is 6.69. The second-order valence-electron chi connectivity index (χ2n) is 10.7. The summed E-state index contributed by atoms with van der Waals surface area (Å²) in [4.78, 5) is 1.19. The number of rotatable bonds is 9. The van der Waals surface area contributed by atoms with Gasteiger partial charge < -0.3 is 0 Å². The third-order valence-corrected chi connectivity index (χ3v) is 8.24. The van der Waals surface area contributed by atoms with Gasteiger partial charge >= 0.3 is 230 Å². The van der Waals surface area contributed by atoms with Gasteiger partial charge in [0, 0.05) is 0 Å². The Bertz CT molecular complexity index is 1030. The molecule has 2 aliphatic heterocycles. The molecule has 0 bridgehead atoms. The van der Waals surface area contributed by atoms with E-state index < -0.39 is 6.29 Å². The monoisotopic (exact) mass is 540 g/mol. The Morgan fingerprint density at radius 2 is 1.86 bits per heavy atom. The van der Waals surface area contributed by atoms with Crippen LogP contribution in [0.2, 0.25) is 0 Å². The van der Waals surface area contributed by atoms with Crippen LogP contribution in [0, 0.1) is 6.92 Å². The Morgan fingerprint density at radius 1 is 1.08 bits per heavy atom. The van der Waals surface area contributed by atoms with Gasteiger partial charge in [0.25, 0.3) is 0 Å². The fraction of sp³-hybridized carbons (Fsp3) is 0.571. The molecular weight excluding hydrogens is 501 g/mol. The van der Waals surface area contributed by atoms with Gasteiger partial charge in [-0.15, -0.1) is 0 Å². The summed E-state index contributed by atoms with van der Waals surface area (Å²) in [5.41, 5.74) is 3.29. The van der Waals surface area contributed by atoms with E-state index in [1.807, 2.05) is 36.9 Å². The number of aryl methyl sites for hydroxylation is 1. The first-order valence-corrected chi connectivity index (χ1v) is 14.8. The average Bonchev–Trinajstić information content (AvgIpc) is 2.89. The van der Waals surface area contributed by atoms with Crippen LogP contribution in [0.3, 0.4) is 0 Å². The summed E-state index contributed by atoms with van der Waals surface area (Å²) in [5, 5.41) is 0. The fourth-order valence-corrected chi connectivity index (χ4v) is 5.93. The summed E-state index contributed by atoms with van der Waals surface area (Å²) in [6, 6.07) is 16.7. The summed E-state index contributed by atoms with van der Waals surface area (Å²) in [6.07, 6.45) is 0.314. The van der Waals surface area contributed by atoms with Crippen molar-refractivity contribution in [2.24, 2.45) is 0 Å². The molecule has 2 aromatic carbocycles. The third kappa shape index (κ3) is 7.35. The molecule has 0 saturated carbocycles. The molecule has 2 heterocycles. The Morgan fingerprint density at radius 3 is 2.57 bits per heavy atom. The van der Waals surface area contributed by atoms with Crippen LogP contribution in [-0.4, -0.2) is 56.6 Å². The van der Waals surface area contributed by atoms with Crippen LogP contribution >= 0.6 is 20.9 Å². The molecule has 2 saturated heterocycles. The minimum absolute atomic E-state index is 0.0608. The molecule has 2 fully saturated rings. The molecule has 0 radical (unpaired) electrons. The van der Waals surface area contributed by atoms with Crippen molar-refractivity contribution >= 4 is 34.4 Å². The summed E-state index contributed by atoms with van der Waals surface area (Å²) in [6.45, 7) is 13.9. The predicted molar refractivity (Wildman–Crippen MR) is 155 cm³/mol. The standard InChI is InChI=1S/C28H39B2O5PS/c1-6-7-15-31-25-24(35-29-30-36)23-21(17-32-26(34-23)19-11-9-8-10-12-19)33-27(25)37-22-16-20(28(3,4)5)14-13-18(22)2/h8-14,16,21,23-27H,6-7,15,17,36H2,1-5H3/t21?,23-,24?,25+,26?,27+/m1/s1. The van der Waals surface area contributed by atoms with Gasteiger partial charge in [0.1, 0.15) is 0 Å². The van der Waals surface area contributed by atoms with Gasteiger partial charge in [-0.25, -0.2) is 0 Å². The normalized spacial score (nSPS) is 27.8. The zero-order chi connectivity index (χ0) is 26.4. The molecule has 2 aromatic rings. The van der Waals surface area contributed by atoms with E-state index in [1.165, 1.54) is 16.0 Å². The van der Waals surface area contributed by atoms with Gasteiger partial charge in [0.2, 0.25) is 0 Å². The van der Waals surface area contributed by atoms with Crippen molar-refractivity contribution in [2.75, 3.05) is 13.2 Å². The van der Waals surface area contributed by atoms with Crippen LogP contribution < -0.4 is 0 Å². The fourth-order valence-electron chi connectivity index (χ4n) is 4.57. The van der Waals surface area contributed by atoms with E-state index >= 15 is 0 Å². The zero-order valence-electron chi connectivity index (χ0n) is 22.6. The van der Waals surface area contributed by atoms with Crippen molar-refractivity contribution in [2.45, 2.75) is 93.9 Å². The molecule has 0 aromatic heterocycles. The van der Waals surface area contributed by atoms with Gasteiger partial charge in [-0.2, -0.15) is 0 Å². The van der Waals surface area contributed by atoms with Crippen LogP contribution in [0.25, 0.3) is 0 Å². The van der Waals surface area contributed by atoms with E-state index in [0.717, 1.165) is 18.4 Å². The van der Waals surface area contributed by atoms with Crippen molar-refractivity contribution in [3.05, 3.63) is 65.2 Å². The number of unbranched alkanes of at least 4 members (excludes halogenated alkanes) is 1. The third-order valence-electron chi connectivity index (χ3n) is 6.78. The SMILES string of the molecule is CCCCO[C@H]1C(OB=BP)[C@@H]2OC(c3ccccc3)OCC2O[C@H]1Sc1cc(C(C)(C)C)ccc1C. The van der Waals surface area contributed by atoms with Crippen LogP contribution in [0.4, 0.5) is 0 Å². The Hall–Kier alpha value is -1.01. The topological polar surface area (TPSA) is 46.2 Å². The van der Waals surface area contributed by atoms with Gasteiger partial charge in [-0.3, -0.25) is 0 Å². The first-order valence-electron chi connectivity index (χ1n) is 13.2. The Balaban J connectivity index is 1.63. The van der Waals surface area contributed by atoms with Crippen molar-refractivity contribution < 1.29 is 23.6 Å². The first kappa shape index (κ1) is 29.0. The minimum atomic E-state index is -0.469. The molecule has 2 aliphatic rings. The molecule has 0 spiro atoms. The van der Waals surface area contributed by atoms with Crippen molar-refractivity contribution in [3.63, 3.8) is 0 Å². The quantitative estimate of drug-likeness (QED) is 0.227. The van der Waals surface area contributed by atoms with Crippen molar-refractivity contribution in [1.82, 2.24) is 0 Å². The summed E-state index contributed by atoms with van der Waals surface area (Å²) >= 11 is 1.71. The van der Waals surface area contributed by atoms with Crippen LogP contribution in [0.5, 0.6) is 0 Å². The van der Waals surface area contributed by atoms with Crippen molar-refractivity contribution in [3.8, 4) is 0 Å². The summed E-state index contributed by atoms with van der Waals surface area (Å²) in [5.74, 6) is 0. The number of hydrogen-bond donors (Lipinski definition) is 0. The van der Waals surface area contributed by atoms with Crippen LogP contribution in [0.15, 0.2) is 53.4 Å². The van der Waals surface area contributed by atoms with Crippen LogP contribution in [0.1, 0.15) is 63.5 Å². The average molecular weight is 540 g/mol. The first-order chi connectivity index (χ1) is 17.8. The van der Waals surface area contributed by atoms with Gasteiger partial charge in [-0.05, 0) is 0 Å². The number of ether oxygens (including phenoxy) is 4. The molecule has 4 unspecified atom stereocenters. The molecule has 0 aliphatic carbocycles. The number of benzene rings is 2. The van der Waals surface area contributed by atoms with Gasteiger partial charge in [0.15, 0.2) is 0 Å². The number of hydrogen-bond acceptors (Lipinski definition) is 6. The molecule has 4 rings (SSSR count). The molecule has 37 heavy (non-hydrogen) atoms. The molecule has 198 valence electrons. The van der Waals surface area contributed by atoms with E-state index in [4.69, 9.17) is 23.6 Å². The van der Waals surface area contributed by atoms with E-state index in [1.54, 1.807) is 18.8 Å². The predicted octanol–water partition coefficient (Wildman–Crippen LogP) is 5.82. The summed E-state index contributed by atoms with van der Waals surface area (Å²) in [7, 11) is 4.28. The summed E-state index contributed by atoms with van der Waals surface area (Å²) < 4.78 is 32.1. The second kappa shape index (κ2) is 13.4. The van der Waals surface area contributed by atoms with E-state index in [2.05, 4.69) is 61.9 Å². The number of thioether (sulfide) groups is 1. The van der Waals surface area contributed by atoms with E-state index in [9.17, 15) is 0 Å². The van der Waals surface area contributed by atoms with Crippen molar-refractivity contribution in [1.29, 1.82) is 0 Å². The maximum atomic E-state index is 6.69. The zero-order valence-corrected chi connectivity index (χ0v) is 24.6. The molecular formula is C28H39B2O5PS. The molecule has 0 N–H and O–H groups in total. The molecule has 7 atom stereocenters.